The molecule has 0 saturated carbocycles. The number of pyridine rings is 1. The minimum atomic E-state index is -0.753. The van der Waals surface area contributed by atoms with Gasteiger partial charge in [-0.3, -0.25) is 9.78 Å². The van der Waals surface area contributed by atoms with E-state index in [9.17, 15) is 14.4 Å². The number of hydrogen-bond donors (Lipinski definition) is 1. The molecule has 120 valence electrons. The lowest BCUT2D eigenvalue weighted by Crippen LogP contribution is -2.44. The summed E-state index contributed by atoms with van der Waals surface area (Å²) in [5.74, 6) is -1.51. The zero-order valence-corrected chi connectivity index (χ0v) is 12.9. The maximum absolute atomic E-state index is 11.8. The van der Waals surface area contributed by atoms with E-state index >= 15 is 0 Å². The predicted octanol–water partition coefficient (Wildman–Crippen LogP) is 0.942. The van der Waals surface area contributed by atoms with Gasteiger partial charge in [-0.25, -0.2) is 9.59 Å². The van der Waals surface area contributed by atoms with Crippen LogP contribution in [0.4, 0.5) is 0 Å². The Balaban J connectivity index is 2.50. The second-order valence-electron chi connectivity index (χ2n) is 5.08. The standard InChI is InChI=1S/C15H20N2O5/c1-10(2)8-12(15(20)21-3)17-13(18)9-22-14(19)11-4-6-16-7-5-11/h4-7,10,12H,8-9H2,1-3H3,(H,17,18)/t12-/m0/s1. The molecular formula is C15H20N2O5. The quantitative estimate of drug-likeness (QED) is 0.753. The first-order valence-corrected chi connectivity index (χ1v) is 6.88. The Kier molecular flexibility index (Phi) is 7.01. The second-order valence-corrected chi connectivity index (χ2v) is 5.08. The van der Waals surface area contributed by atoms with Crippen molar-refractivity contribution in [1.82, 2.24) is 10.3 Å². The van der Waals surface area contributed by atoms with Crippen molar-refractivity contribution >= 4 is 17.8 Å². The summed E-state index contributed by atoms with van der Waals surface area (Å²) in [6.45, 7) is 3.38. The van der Waals surface area contributed by atoms with Gasteiger partial charge < -0.3 is 14.8 Å². The number of amides is 1. The molecule has 0 bridgehead atoms. The van der Waals surface area contributed by atoms with E-state index < -0.39 is 30.5 Å². The number of ether oxygens (including phenoxy) is 2. The van der Waals surface area contributed by atoms with Crippen LogP contribution in [0.1, 0.15) is 30.6 Å². The van der Waals surface area contributed by atoms with Crippen molar-refractivity contribution in [2.24, 2.45) is 5.92 Å². The third-order valence-corrected chi connectivity index (χ3v) is 2.78. The molecule has 0 saturated heterocycles. The molecule has 1 aromatic heterocycles. The first kappa shape index (κ1) is 17.6. The summed E-state index contributed by atoms with van der Waals surface area (Å²) in [7, 11) is 1.26. The van der Waals surface area contributed by atoms with Crippen LogP contribution >= 0.6 is 0 Å². The van der Waals surface area contributed by atoms with Gasteiger partial charge in [-0.05, 0) is 24.5 Å². The van der Waals surface area contributed by atoms with Crippen LogP contribution in [0.15, 0.2) is 24.5 Å². The molecule has 7 heteroatoms. The van der Waals surface area contributed by atoms with Crippen LogP contribution < -0.4 is 5.32 Å². The monoisotopic (exact) mass is 308 g/mol. The maximum Gasteiger partial charge on any atom is 0.338 e. The average molecular weight is 308 g/mol. The van der Waals surface area contributed by atoms with E-state index in [1.807, 2.05) is 13.8 Å². The number of methoxy groups -OCH3 is 1. The first-order chi connectivity index (χ1) is 10.4. The Morgan fingerprint density at radius 1 is 1.23 bits per heavy atom. The SMILES string of the molecule is COC(=O)[C@H](CC(C)C)NC(=O)COC(=O)c1ccncc1. The van der Waals surface area contributed by atoms with Crippen molar-refractivity contribution in [3.63, 3.8) is 0 Å². The van der Waals surface area contributed by atoms with Crippen molar-refractivity contribution in [3.8, 4) is 0 Å². The molecule has 0 aliphatic carbocycles. The van der Waals surface area contributed by atoms with Crippen LogP contribution in [0, 0.1) is 5.92 Å². The van der Waals surface area contributed by atoms with E-state index in [1.165, 1.54) is 31.6 Å². The van der Waals surface area contributed by atoms with Crippen molar-refractivity contribution < 1.29 is 23.9 Å². The highest BCUT2D eigenvalue weighted by molar-refractivity contribution is 5.91. The van der Waals surface area contributed by atoms with Gasteiger partial charge in [0, 0.05) is 12.4 Å². The average Bonchev–Trinajstić information content (AvgIpc) is 2.51. The smallest absolute Gasteiger partial charge is 0.338 e. The molecule has 1 atom stereocenters. The van der Waals surface area contributed by atoms with Gasteiger partial charge in [0.15, 0.2) is 6.61 Å². The first-order valence-electron chi connectivity index (χ1n) is 6.88. The third kappa shape index (κ3) is 5.90. The minimum absolute atomic E-state index is 0.198. The van der Waals surface area contributed by atoms with Crippen LogP contribution in [0.25, 0.3) is 0 Å². The third-order valence-electron chi connectivity index (χ3n) is 2.78. The number of esters is 2. The molecule has 0 aliphatic rings. The Morgan fingerprint density at radius 3 is 2.41 bits per heavy atom. The lowest BCUT2D eigenvalue weighted by molar-refractivity contribution is -0.145. The summed E-state index contributed by atoms with van der Waals surface area (Å²) in [5.41, 5.74) is 0.300. The van der Waals surface area contributed by atoms with Gasteiger partial charge in [0.05, 0.1) is 12.7 Å². The summed E-state index contributed by atoms with van der Waals surface area (Å²) >= 11 is 0. The molecule has 1 rings (SSSR count). The highest BCUT2D eigenvalue weighted by Crippen LogP contribution is 2.06. The number of carbonyl (C=O) groups excluding carboxylic acids is 3. The molecule has 0 spiro atoms. The van der Waals surface area contributed by atoms with Gasteiger partial charge >= 0.3 is 11.9 Å². The van der Waals surface area contributed by atoms with E-state index in [0.717, 1.165) is 0 Å². The van der Waals surface area contributed by atoms with Gasteiger partial charge in [0.2, 0.25) is 0 Å². The molecule has 0 radical (unpaired) electrons. The van der Waals surface area contributed by atoms with Gasteiger partial charge in [-0.15, -0.1) is 0 Å². The van der Waals surface area contributed by atoms with Gasteiger partial charge in [0.1, 0.15) is 6.04 Å². The number of nitrogens with zero attached hydrogens (tertiary/aromatic N) is 1. The van der Waals surface area contributed by atoms with Gasteiger partial charge in [-0.2, -0.15) is 0 Å². The van der Waals surface area contributed by atoms with Crippen molar-refractivity contribution in [3.05, 3.63) is 30.1 Å². The van der Waals surface area contributed by atoms with Crippen molar-refractivity contribution in [2.75, 3.05) is 13.7 Å². The number of aromatic nitrogens is 1. The van der Waals surface area contributed by atoms with E-state index in [1.54, 1.807) is 0 Å². The fourth-order valence-corrected chi connectivity index (χ4v) is 1.77. The molecule has 22 heavy (non-hydrogen) atoms. The predicted molar refractivity (Wildman–Crippen MR) is 77.9 cm³/mol. The van der Waals surface area contributed by atoms with E-state index in [-0.39, 0.29) is 5.92 Å². The molecule has 0 unspecified atom stereocenters. The molecule has 0 aromatic carbocycles. The zero-order chi connectivity index (χ0) is 16.5. The van der Waals surface area contributed by atoms with Crippen LogP contribution in [-0.2, 0) is 19.1 Å². The number of hydrogen-bond acceptors (Lipinski definition) is 6. The highest BCUT2D eigenvalue weighted by Gasteiger charge is 2.23. The number of carbonyl (C=O) groups is 3. The maximum atomic E-state index is 11.8. The summed E-state index contributed by atoms with van der Waals surface area (Å²) in [6.07, 6.45) is 3.34. The summed E-state index contributed by atoms with van der Waals surface area (Å²) in [5, 5.41) is 2.50. The van der Waals surface area contributed by atoms with Gasteiger partial charge in [0.25, 0.3) is 5.91 Å². The molecule has 0 fully saturated rings. The lowest BCUT2D eigenvalue weighted by atomic mass is 10.0. The lowest BCUT2D eigenvalue weighted by Gasteiger charge is -2.18. The Bertz CT molecular complexity index is 516. The largest absolute Gasteiger partial charge is 0.467 e. The highest BCUT2D eigenvalue weighted by atomic mass is 16.5. The zero-order valence-electron chi connectivity index (χ0n) is 12.9. The molecule has 1 N–H and O–H groups in total. The molecule has 0 aliphatic heterocycles. The van der Waals surface area contributed by atoms with E-state index in [4.69, 9.17) is 4.74 Å². The summed E-state index contributed by atoms with van der Waals surface area (Å²) < 4.78 is 9.52. The van der Waals surface area contributed by atoms with Crippen LogP contribution in [0.3, 0.4) is 0 Å². The van der Waals surface area contributed by atoms with Crippen LogP contribution in [0.5, 0.6) is 0 Å². The Morgan fingerprint density at radius 2 is 1.86 bits per heavy atom. The van der Waals surface area contributed by atoms with Crippen LogP contribution in [0.2, 0.25) is 0 Å². The second kappa shape index (κ2) is 8.76. The summed E-state index contributed by atoms with van der Waals surface area (Å²) in [4.78, 5) is 38.8. The van der Waals surface area contributed by atoms with E-state index in [2.05, 4.69) is 15.0 Å². The normalized spacial score (nSPS) is 11.6. The molecule has 1 aromatic rings. The minimum Gasteiger partial charge on any atom is -0.467 e. The fraction of sp³-hybridized carbons (Fsp3) is 0.467. The van der Waals surface area contributed by atoms with Crippen molar-refractivity contribution in [2.45, 2.75) is 26.3 Å². The Labute approximate surface area is 129 Å². The van der Waals surface area contributed by atoms with Gasteiger partial charge in [-0.1, -0.05) is 13.8 Å². The summed E-state index contributed by atoms with van der Waals surface area (Å²) in [6, 6.07) is 2.21. The van der Waals surface area contributed by atoms with Crippen LogP contribution in [-0.4, -0.2) is 42.6 Å². The molecule has 1 amide bonds. The Hall–Kier alpha value is -2.44. The molecule has 1 heterocycles. The molecular weight excluding hydrogens is 288 g/mol. The number of rotatable bonds is 7. The van der Waals surface area contributed by atoms with E-state index in [0.29, 0.717) is 12.0 Å². The molecule has 7 nitrogen and oxygen atoms in total. The topological polar surface area (TPSA) is 94.6 Å². The fourth-order valence-electron chi connectivity index (χ4n) is 1.77. The number of nitrogens with one attached hydrogen (secondary N) is 1. The van der Waals surface area contributed by atoms with Crippen molar-refractivity contribution in [1.29, 1.82) is 0 Å².